The highest BCUT2D eigenvalue weighted by molar-refractivity contribution is 5.76. The molecule has 1 aliphatic heterocycles. The van der Waals surface area contributed by atoms with Crippen LogP contribution >= 0.6 is 0 Å². The summed E-state index contributed by atoms with van der Waals surface area (Å²) in [5.74, 6) is -1.39. The van der Waals surface area contributed by atoms with E-state index in [0.29, 0.717) is 26.0 Å². The van der Waals surface area contributed by atoms with Gasteiger partial charge in [-0.1, -0.05) is 0 Å². The first-order valence-corrected chi connectivity index (χ1v) is 6.46. The van der Waals surface area contributed by atoms with Crippen molar-refractivity contribution in [3.8, 4) is 0 Å². The largest absolute Gasteiger partial charge is 0.377 e. The predicted octanol–water partition coefficient (Wildman–Crippen LogP) is 2.78. The molecule has 1 saturated heterocycles. The van der Waals surface area contributed by atoms with Gasteiger partial charge >= 0.3 is 0 Å². The Morgan fingerprint density at radius 3 is 2.68 bits per heavy atom. The van der Waals surface area contributed by atoms with Gasteiger partial charge in [0.05, 0.1) is 6.10 Å². The number of halogens is 2. The van der Waals surface area contributed by atoms with Crippen molar-refractivity contribution in [3.63, 3.8) is 0 Å². The van der Waals surface area contributed by atoms with Crippen molar-refractivity contribution in [3.05, 3.63) is 29.3 Å². The summed E-state index contributed by atoms with van der Waals surface area (Å²) in [5, 5.41) is 0. The number of nitrogens with zero attached hydrogens (tertiary/aromatic N) is 1. The first-order chi connectivity index (χ1) is 9.15. The zero-order valence-corrected chi connectivity index (χ0v) is 10.9. The maximum Gasteiger partial charge on any atom is 0.150 e. The summed E-state index contributed by atoms with van der Waals surface area (Å²) in [6.45, 7) is 3.56. The highest BCUT2D eigenvalue weighted by Crippen LogP contribution is 2.28. The van der Waals surface area contributed by atoms with E-state index < -0.39 is 11.6 Å². The summed E-state index contributed by atoms with van der Waals surface area (Å²) in [5.41, 5.74) is -0.0490. The van der Waals surface area contributed by atoms with Gasteiger partial charge in [-0.25, -0.2) is 8.78 Å². The Hall–Kier alpha value is -1.49. The van der Waals surface area contributed by atoms with E-state index in [0.717, 1.165) is 25.0 Å². The Bertz CT molecular complexity index is 440. The average molecular weight is 269 g/mol. The zero-order valence-electron chi connectivity index (χ0n) is 10.9. The monoisotopic (exact) mass is 269 g/mol. The van der Waals surface area contributed by atoms with Gasteiger partial charge in [-0.3, -0.25) is 4.79 Å². The van der Waals surface area contributed by atoms with E-state index >= 15 is 0 Å². The molecule has 1 fully saturated rings. The number of ether oxygens (including phenoxy) is 1. The zero-order chi connectivity index (χ0) is 13.8. The van der Waals surface area contributed by atoms with Crippen LogP contribution in [0.1, 0.15) is 30.1 Å². The molecule has 5 heteroatoms. The molecule has 1 aromatic carbocycles. The lowest BCUT2D eigenvalue weighted by molar-refractivity contribution is 0.0524. The third-order valence-electron chi connectivity index (χ3n) is 3.27. The van der Waals surface area contributed by atoms with E-state index in [1.54, 1.807) is 4.90 Å². The molecule has 0 spiro atoms. The molecular formula is C14H17F2NO2. The number of aldehydes is 1. The first kappa shape index (κ1) is 13.9. The number of carbonyl (C=O) groups excluding carboxylic acids is 1. The van der Waals surface area contributed by atoms with Gasteiger partial charge < -0.3 is 9.64 Å². The fourth-order valence-electron chi connectivity index (χ4n) is 2.47. The maximum absolute atomic E-state index is 13.9. The van der Waals surface area contributed by atoms with Crippen molar-refractivity contribution in [1.29, 1.82) is 0 Å². The number of carbonyl (C=O) groups is 1. The van der Waals surface area contributed by atoms with Gasteiger partial charge in [-0.2, -0.15) is 0 Å². The van der Waals surface area contributed by atoms with Crippen LogP contribution in [-0.2, 0) is 4.74 Å². The quantitative estimate of drug-likeness (QED) is 0.787. The van der Waals surface area contributed by atoms with Gasteiger partial charge in [-0.15, -0.1) is 0 Å². The highest BCUT2D eigenvalue weighted by Gasteiger charge is 2.25. The van der Waals surface area contributed by atoms with Crippen LogP contribution < -0.4 is 4.90 Å². The van der Waals surface area contributed by atoms with Gasteiger partial charge in [0.2, 0.25) is 0 Å². The summed E-state index contributed by atoms with van der Waals surface area (Å²) in [6.07, 6.45) is 2.18. The second-order valence-electron chi connectivity index (χ2n) is 4.62. The van der Waals surface area contributed by atoms with Crippen LogP contribution in [0.5, 0.6) is 0 Å². The minimum absolute atomic E-state index is 0.00305. The third-order valence-corrected chi connectivity index (χ3v) is 3.27. The minimum atomic E-state index is -0.695. The summed E-state index contributed by atoms with van der Waals surface area (Å²) >= 11 is 0. The van der Waals surface area contributed by atoms with Crippen LogP contribution in [0.15, 0.2) is 12.1 Å². The molecule has 0 amide bonds. The molecule has 0 aliphatic carbocycles. The molecule has 19 heavy (non-hydrogen) atoms. The lowest BCUT2D eigenvalue weighted by Gasteiger charge is -2.34. The Kier molecular flexibility index (Phi) is 4.47. The number of rotatable bonds is 4. The summed E-state index contributed by atoms with van der Waals surface area (Å²) in [4.78, 5) is 12.2. The van der Waals surface area contributed by atoms with Gasteiger partial charge in [-0.05, 0) is 31.9 Å². The Balaban J connectivity index is 2.23. The topological polar surface area (TPSA) is 29.5 Å². The summed E-state index contributed by atoms with van der Waals surface area (Å²) in [6, 6.07) is 2.13. The van der Waals surface area contributed by atoms with Gasteiger partial charge in [0, 0.05) is 25.3 Å². The Morgan fingerprint density at radius 1 is 1.42 bits per heavy atom. The van der Waals surface area contributed by atoms with Crippen molar-refractivity contribution < 1.29 is 18.3 Å². The molecule has 0 aromatic heterocycles. The van der Waals surface area contributed by atoms with Crippen LogP contribution in [0.25, 0.3) is 0 Å². The van der Waals surface area contributed by atoms with E-state index in [2.05, 4.69) is 0 Å². The number of benzene rings is 1. The van der Waals surface area contributed by atoms with Crippen molar-refractivity contribution in [1.82, 2.24) is 0 Å². The molecule has 0 N–H and O–H groups in total. The molecule has 2 rings (SSSR count). The van der Waals surface area contributed by atoms with E-state index in [1.807, 2.05) is 6.92 Å². The van der Waals surface area contributed by atoms with Crippen LogP contribution in [0, 0.1) is 11.6 Å². The predicted molar refractivity (Wildman–Crippen MR) is 68.6 cm³/mol. The second kappa shape index (κ2) is 6.10. The van der Waals surface area contributed by atoms with Gasteiger partial charge in [0.25, 0.3) is 0 Å². The summed E-state index contributed by atoms with van der Waals surface area (Å²) < 4.78 is 33.3. The molecular weight excluding hydrogens is 252 g/mol. The molecule has 0 bridgehead atoms. The standard InChI is InChI=1S/C14H17F2NO2/c1-2-19-11-4-3-5-17(8-11)14-12(15)6-10(9-18)7-13(14)16/h6-7,9,11H,2-5,8H2,1H3. The van der Waals surface area contributed by atoms with Crippen molar-refractivity contribution in [2.45, 2.75) is 25.9 Å². The van der Waals surface area contributed by atoms with Crippen molar-refractivity contribution in [2.24, 2.45) is 0 Å². The van der Waals surface area contributed by atoms with Crippen molar-refractivity contribution in [2.75, 3.05) is 24.6 Å². The molecule has 0 saturated carbocycles. The third kappa shape index (κ3) is 3.10. The van der Waals surface area contributed by atoms with E-state index in [9.17, 15) is 13.6 Å². The first-order valence-electron chi connectivity index (χ1n) is 6.46. The molecule has 3 nitrogen and oxygen atoms in total. The summed E-state index contributed by atoms with van der Waals surface area (Å²) in [7, 11) is 0. The molecule has 1 aromatic rings. The molecule has 1 atom stereocenters. The minimum Gasteiger partial charge on any atom is -0.377 e. The maximum atomic E-state index is 13.9. The fourth-order valence-corrected chi connectivity index (χ4v) is 2.47. The van der Waals surface area contributed by atoms with Gasteiger partial charge in [0.1, 0.15) is 23.6 Å². The Labute approximate surface area is 111 Å². The van der Waals surface area contributed by atoms with E-state index in [-0.39, 0.29) is 17.4 Å². The number of hydrogen-bond donors (Lipinski definition) is 0. The van der Waals surface area contributed by atoms with E-state index in [1.165, 1.54) is 0 Å². The number of piperidine rings is 1. The van der Waals surface area contributed by atoms with E-state index in [4.69, 9.17) is 4.74 Å². The average Bonchev–Trinajstić information content (AvgIpc) is 2.38. The lowest BCUT2D eigenvalue weighted by atomic mass is 10.1. The lowest BCUT2D eigenvalue weighted by Crippen LogP contribution is -2.40. The molecule has 1 unspecified atom stereocenters. The van der Waals surface area contributed by atoms with Crippen LogP contribution in [-0.4, -0.2) is 32.1 Å². The van der Waals surface area contributed by atoms with Gasteiger partial charge in [0.15, 0.2) is 0 Å². The number of anilines is 1. The smallest absolute Gasteiger partial charge is 0.150 e. The normalized spacial score (nSPS) is 19.5. The Morgan fingerprint density at radius 2 is 2.11 bits per heavy atom. The second-order valence-corrected chi connectivity index (χ2v) is 4.62. The molecule has 1 heterocycles. The van der Waals surface area contributed by atoms with Crippen LogP contribution in [0.2, 0.25) is 0 Å². The van der Waals surface area contributed by atoms with Crippen molar-refractivity contribution >= 4 is 12.0 Å². The molecule has 1 aliphatic rings. The molecule has 104 valence electrons. The van der Waals surface area contributed by atoms with Crippen LogP contribution in [0.4, 0.5) is 14.5 Å². The fraction of sp³-hybridized carbons (Fsp3) is 0.500. The van der Waals surface area contributed by atoms with Crippen LogP contribution in [0.3, 0.4) is 0 Å². The highest BCUT2D eigenvalue weighted by atomic mass is 19.1. The number of hydrogen-bond acceptors (Lipinski definition) is 3. The SMILES string of the molecule is CCOC1CCCN(c2c(F)cc(C=O)cc2F)C1. The molecule has 0 radical (unpaired) electrons.